The largest absolute Gasteiger partial charge is 0.455 e. The highest BCUT2D eigenvalue weighted by Gasteiger charge is 2.28. The second-order valence-electron chi connectivity index (χ2n) is 7.51. The molecule has 4 rings (SSSR count). The average molecular weight is 416 g/mol. The summed E-state index contributed by atoms with van der Waals surface area (Å²) in [6.07, 6.45) is 5.97. The van der Waals surface area contributed by atoms with Crippen molar-refractivity contribution >= 4 is 17.5 Å². The number of fused-ring (bicyclic) bond motifs is 1. The lowest BCUT2D eigenvalue weighted by Crippen LogP contribution is -2.24. The Labute approximate surface area is 180 Å². The Morgan fingerprint density at radius 1 is 1.10 bits per heavy atom. The molecule has 2 heterocycles. The summed E-state index contributed by atoms with van der Waals surface area (Å²) in [5.41, 5.74) is 6.81. The number of carbonyl (C=O) groups excluding carboxylic acids is 2. The van der Waals surface area contributed by atoms with E-state index in [4.69, 9.17) is 4.42 Å². The average Bonchev–Trinajstić information content (AvgIpc) is 3.14. The van der Waals surface area contributed by atoms with Crippen LogP contribution in [0.15, 0.2) is 64.4 Å². The van der Waals surface area contributed by atoms with Crippen LogP contribution in [0.1, 0.15) is 51.4 Å². The molecule has 0 fully saturated rings. The lowest BCUT2D eigenvalue weighted by Gasteiger charge is -2.13. The Hall–Kier alpha value is -3.74. The first-order valence-corrected chi connectivity index (χ1v) is 10.3. The van der Waals surface area contributed by atoms with E-state index in [1.54, 1.807) is 12.4 Å². The molecule has 2 amide bonds. The number of furan rings is 1. The predicted molar refractivity (Wildman–Crippen MR) is 117 cm³/mol. The Morgan fingerprint density at radius 2 is 1.90 bits per heavy atom. The van der Waals surface area contributed by atoms with Gasteiger partial charge in [0, 0.05) is 36.5 Å². The molecule has 2 N–H and O–H groups in total. The van der Waals surface area contributed by atoms with Crippen LogP contribution >= 0.6 is 0 Å². The van der Waals surface area contributed by atoms with Crippen molar-refractivity contribution in [1.82, 2.24) is 15.7 Å². The van der Waals surface area contributed by atoms with E-state index in [0.29, 0.717) is 12.3 Å². The van der Waals surface area contributed by atoms with E-state index < -0.39 is 0 Å². The maximum absolute atomic E-state index is 12.7. The summed E-state index contributed by atoms with van der Waals surface area (Å²) in [5.74, 6) is 0.579. The van der Waals surface area contributed by atoms with Crippen LogP contribution in [0.25, 0.3) is 0 Å². The van der Waals surface area contributed by atoms with Gasteiger partial charge in [0.05, 0.1) is 12.1 Å². The number of hydrogen-bond donors (Lipinski definition) is 2. The third-order valence-electron chi connectivity index (χ3n) is 5.23. The fourth-order valence-electron chi connectivity index (χ4n) is 3.71. The molecule has 1 aliphatic rings. The van der Waals surface area contributed by atoms with E-state index in [-0.39, 0.29) is 18.2 Å². The molecular formula is C24H24N4O3. The smallest absolute Gasteiger partial charge is 0.287 e. The van der Waals surface area contributed by atoms with Gasteiger partial charge in [0.25, 0.3) is 5.91 Å². The highest BCUT2D eigenvalue weighted by molar-refractivity contribution is 6.06. The first-order valence-electron chi connectivity index (χ1n) is 10.3. The molecule has 3 aromatic rings. The zero-order chi connectivity index (χ0) is 21.6. The van der Waals surface area contributed by atoms with E-state index in [1.807, 2.05) is 49.4 Å². The topological polar surface area (TPSA) is 96.6 Å². The zero-order valence-corrected chi connectivity index (χ0v) is 17.4. The molecule has 7 nitrogen and oxygen atoms in total. The number of hydrazone groups is 1. The predicted octanol–water partition coefficient (Wildman–Crippen LogP) is 3.31. The lowest BCUT2D eigenvalue weighted by molar-refractivity contribution is -0.120. The Balaban J connectivity index is 1.46. The van der Waals surface area contributed by atoms with Gasteiger partial charge in [-0.05, 0) is 37.0 Å². The van der Waals surface area contributed by atoms with Crippen molar-refractivity contribution < 1.29 is 14.0 Å². The van der Waals surface area contributed by atoms with Gasteiger partial charge in [-0.25, -0.2) is 5.43 Å². The SMILES string of the molecule is Cc1c(C(=O)NCc2cccnc2)oc2c1/C(=N/NC(=O)Cc1ccccc1)CCC2. The molecule has 0 bridgehead atoms. The number of carbonyl (C=O) groups is 2. The number of aromatic nitrogens is 1. The summed E-state index contributed by atoms with van der Waals surface area (Å²) >= 11 is 0. The van der Waals surface area contributed by atoms with E-state index in [1.165, 1.54) is 0 Å². The first-order chi connectivity index (χ1) is 15.1. The molecule has 1 aromatic carbocycles. The van der Waals surface area contributed by atoms with Crippen LogP contribution in [0.3, 0.4) is 0 Å². The summed E-state index contributed by atoms with van der Waals surface area (Å²) in [7, 11) is 0. The molecule has 0 unspecified atom stereocenters. The maximum Gasteiger partial charge on any atom is 0.287 e. The van der Waals surface area contributed by atoms with Crippen LogP contribution in [-0.4, -0.2) is 22.5 Å². The van der Waals surface area contributed by atoms with Crippen LogP contribution < -0.4 is 10.7 Å². The van der Waals surface area contributed by atoms with Crippen LogP contribution in [-0.2, 0) is 24.2 Å². The molecular weight excluding hydrogens is 392 g/mol. The van der Waals surface area contributed by atoms with Crippen molar-refractivity contribution in [3.63, 3.8) is 0 Å². The van der Waals surface area contributed by atoms with Gasteiger partial charge in [-0.3, -0.25) is 14.6 Å². The molecule has 0 saturated heterocycles. The van der Waals surface area contributed by atoms with E-state index in [2.05, 4.69) is 20.8 Å². The number of hydrogen-bond acceptors (Lipinski definition) is 5. The van der Waals surface area contributed by atoms with E-state index in [0.717, 1.165) is 53.0 Å². The van der Waals surface area contributed by atoms with Crippen molar-refractivity contribution in [3.05, 3.63) is 88.6 Å². The molecule has 2 aromatic heterocycles. The number of aryl methyl sites for hydroxylation is 1. The monoisotopic (exact) mass is 416 g/mol. The number of nitrogens with one attached hydrogen (secondary N) is 2. The van der Waals surface area contributed by atoms with Crippen molar-refractivity contribution in [2.45, 2.75) is 39.2 Å². The Morgan fingerprint density at radius 3 is 2.68 bits per heavy atom. The van der Waals surface area contributed by atoms with Crippen LogP contribution in [0.4, 0.5) is 0 Å². The second-order valence-corrected chi connectivity index (χ2v) is 7.51. The quantitative estimate of drug-likeness (QED) is 0.603. The Bertz CT molecular complexity index is 1100. The Kier molecular flexibility index (Phi) is 6.21. The van der Waals surface area contributed by atoms with Gasteiger partial charge in [0.15, 0.2) is 5.76 Å². The third-order valence-corrected chi connectivity index (χ3v) is 5.23. The summed E-state index contributed by atoms with van der Waals surface area (Å²) < 4.78 is 5.90. The van der Waals surface area contributed by atoms with Gasteiger partial charge in [-0.15, -0.1) is 0 Å². The highest BCUT2D eigenvalue weighted by Crippen LogP contribution is 2.29. The van der Waals surface area contributed by atoms with Gasteiger partial charge in [-0.2, -0.15) is 5.10 Å². The number of benzene rings is 1. The zero-order valence-electron chi connectivity index (χ0n) is 17.4. The minimum Gasteiger partial charge on any atom is -0.455 e. The molecule has 0 atom stereocenters. The minimum atomic E-state index is -0.275. The molecule has 0 saturated carbocycles. The van der Waals surface area contributed by atoms with Gasteiger partial charge >= 0.3 is 0 Å². The minimum absolute atomic E-state index is 0.179. The van der Waals surface area contributed by atoms with E-state index >= 15 is 0 Å². The third kappa shape index (κ3) is 4.88. The van der Waals surface area contributed by atoms with Gasteiger partial charge in [0.1, 0.15) is 5.76 Å². The lowest BCUT2D eigenvalue weighted by atomic mass is 9.93. The molecule has 1 aliphatic carbocycles. The normalized spacial score (nSPS) is 14.2. The van der Waals surface area contributed by atoms with Crippen LogP contribution in [0.5, 0.6) is 0 Å². The van der Waals surface area contributed by atoms with Crippen molar-refractivity contribution in [1.29, 1.82) is 0 Å². The summed E-state index contributed by atoms with van der Waals surface area (Å²) in [5, 5.41) is 7.24. The summed E-state index contributed by atoms with van der Waals surface area (Å²) in [6.45, 7) is 2.22. The van der Waals surface area contributed by atoms with Gasteiger partial charge < -0.3 is 9.73 Å². The van der Waals surface area contributed by atoms with Crippen molar-refractivity contribution in [2.24, 2.45) is 5.10 Å². The molecule has 0 spiro atoms. The van der Waals surface area contributed by atoms with Gasteiger partial charge in [-0.1, -0.05) is 36.4 Å². The molecule has 7 heteroatoms. The van der Waals surface area contributed by atoms with Gasteiger partial charge in [0.2, 0.25) is 5.91 Å². The number of amides is 2. The van der Waals surface area contributed by atoms with Crippen LogP contribution in [0.2, 0.25) is 0 Å². The molecule has 158 valence electrons. The van der Waals surface area contributed by atoms with Crippen molar-refractivity contribution in [2.75, 3.05) is 0 Å². The molecule has 31 heavy (non-hydrogen) atoms. The fourth-order valence-corrected chi connectivity index (χ4v) is 3.71. The number of nitrogens with zero attached hydrogens (tertiary/aromatic N) is 2. The first kappa shape index (κ1) is 20.5. The molecule has 0 radical (unpaired) electrons. The highest BCUT2D eigenvalue weighted by atomic mass is 16.4. The second kappa shape index (κ2) is 9.38. The maximum atomic E-state index is 12.7. The number of rotatable bonds is 6. The standard InChI is InChI=1S/C24H24N4O3/c1-16-22-19(27-28-21(29)13-17-7-3-2-4-8-17)10-5-11-20(22)31-23(16)24(30)26-15-18-9-6-12-25-14-18/h2-4,6-9,12,14H,5,10-11,13,15H2,1H3,(H,26,30)(H,28,29)/b27-19+. The number of pyridine rings is 1. The summed E-state index contributed by atoms with van der Waals surface area (Å²) in [4.78, 5) is 29.0. The molecule has 0 aliphatic heterocycles. The van der Waals surface area contributed by atoms with Crippen molar-refractivity contribution in [3.8, 4) is 0 Å². The van der Waals surface area contributed by atoms with Crippen LogP contribution in [0, 0.1) is 6.92 Å². The fraction of sp³-hybridized carbons (Fsp3) is 0.250. The van der Waals surface area contributed by atoms with E-state index in [9.17, 15) is 9.59 Å². The summed E-state index contributed by atoms with van der Waals surface area (Å²) in [6, 6.07) is 13.3.